The first-order valence-electron chi connectivity index (χ1n) is 22.8. The Balaban J connectivity index is 0.960. The molecule has 8 bridgehead atoms. The van der Waals surface area contributed by atoms with Crippen molar-refractivity contribution in [2.24, 2.45) is 0 Å². The fraction of sp³-hybridized carbons (Fsp3) is 0.538. The summed E-state index contributed by atoms with van der Waals surface area (Å²) in [6, 6.07) is 35.4. The Kier molecular flexibility index (Phi) is 23.5. The van der Waals surface area contributed by atoms with Crippen LogP contribution in [0.15, 0.2) is 97.1 Å². The summed E-state index contributed by atoms with van der Waals surface area (Å²) >= 11 is 0. The maximum Gasteiger partial charge on any atom is 0.0716 e. The van der Waals surface area contributed by atoms with Crippen molar-refractivity contribution >= 4 is 0 Å². The van der Waals surface area contributed by atoms with Gasteiger partial charge < -0.3 is 29.6 Å². The second-order valence-electron chi connectivity index (χ2n) is 16.3. The van der Waals surface area contributed by atoms with Gasteiger partial charge in [0.05, 0.1) is 26.4 Å². The Hall–Kier alpha value is -3.36. The van der Waals surface area contributed by atoms with Gasteiger partial charge in [-0.15, -0.1) is 0 Å². The fourth-order valence-corrected chi connectivity index (χ4v) is 7.41. The van der Waals surface area contributed by atoms with E-state index in [1.807, 2.05) is 0 Å². The molecular formula is C52H74N2O4. The van der Waals surface area contributed by atoms with Crippen LogP contribution in [0.25, 0.3) is 0 Å². The smallest absolute Gasteiger partial charge is 0.0716 e. The van der Waals surface area contributed by atoms with Gasteiger partial charge in [-0.1, -0.05) is 174 Å². The minimum absolute atomic E-state index is 0.696. The highest BCUT2D eigenvalue weighted by atomic mass is 16.5. The van der Waals surface area contributed by atoms with Crippen LogP contribution in [-0.2, 0) is 71.6 Å². The lowest BCUT2D eigenvalue weighted by molar-refractivity contribution is 0.116. The van der Waals surface area contributed by atoms with Crippen LogP contribution < -0.4 is 10.6 Å². The SMILES string of the molecule is c1cc2ccc1CNCc1ccc(cc1)COCCCCCCCCCCOCc1ccc(cc1)CNCc1ccc(cc1)COCCCCCCCCCCOC2. The van der Waals surface area contributed by atoms with Gasteiger partial charge in [0.2, 0.25) is 0 Å². The van der Waals surface area contributed by atoms with E-state index in [4.69, 9.17) is 18.9 Å². The van der Waals surface area contributed by atoms with Gasteiger partial charge >= 0.3 is 0 Å². The van der Waals surface area contributed by atoms with E-state index in [2.05, 4.69) is 108 Å². The van der Waals surface area contributed by atoms with E-state index in [1.54, 1.807) is 0 Å². The standard InChI is InChI=1S/C52H74N2O4/c1-2-6-10-14-34-56-42-50-27-19-46(20-28-50)38-54-40-48-23-31-52(32-24-48)44-58-36-16-12-8-4-3-7-11-15-35-57-43-51-29-21-47(22-30-51)39-53-37-45-17-25-49(26-18-45)41-55-33-13-9-5-1/h17-32,53-54H,1-16,33-44H2. The third-order valence-electron chi connectivity index (χ3n) is 11.1. The Morgan fingerprint density at radius 3 is 0.603 bits per heavy atom. The summed E-state index contributed by atoms with van der Waals surface area (Å²) in [4.78, 5) is 0. The number of benzene rings is 4. The second-order valence-corrected chi connectivity index (χ2v) is 16.3. The predicted octanol–water partition coefficient (Wildman–Crippen LogP) is 12.3. The lowest BCUT2D eigenvalue weighted by atomic mass is 10.1. The number of hydrogen-bond acceptors (Lipinski definition) is 6. The molecule has 0 aromatic heterocycles. The number of rotatable bonds is 0. The van der Waals surface area contributed by atoms with Crippen LogP contribution in [0.1, 0.15) is 147 Å². The minimum Gasteiger partial charge on any atom is -0.377 e. The molecule has 0 amide bonds. The summed E-state index contributed by atoms with van der Waals surface area (Å²) in [7, 11) is 0. The first-order valence-corrected chi connectivity index (χ1v) is 22.8. The first kappa shape index (κ1) is 45.7. The van der Waals surface area contributed by atoms with Crippen molar-refractivity contribution in [3.8, 4) is 0 Å². The lowest BCUT2D eigenvalue weighted by Crippen LogP contribution is -2.12. The van der Waals surface area contributed by atoms with E-state index in [9.17, 15) is 0 Å². The summed E-state index contributed by atoms with van der Waals surface area (Å²) in [6.45, 7) is 9.59. The lowest BCUT2D eigenvalue weighted by Gasteiger charge is -2.09. The van der Waals surface area contributed by atoms with Gasteiger partial charge in [0.25, 0.3) is 0 Å². The summed E-state index contributed by atoms with van der Waals surface area (Å²) in [6.07, 6.45) is 20.1. The van der Waals surface area contributed by atoms with Crippen molar-refractivity contribution in [3.63, 3.8) is 0 Å². The molecule has 10 aliphatic rings. The van der Waals surface area contributed by atoms with E-state index >= 15 is 0 Å². The van der Waals surface area contributed by atoms with Crippen molar-refractivity contribution in [1.82, 2.24) is 10.6 Å². The molecule has 0 unspecified atom stereocenters. The molecule has 14 rings (SSSR count). The molecule has 6 nitrogen and oxygen atoms in total. The monoisotopic (exact) mass is 791 g/mol. The van der Waals surface area contributed by atoms with Crippen molar-refractivity contribution < 1.29 is 18.9 Å². The van der Waals surface area contributed by atoms with Crippen LogP contribution in [0.2, 0.25) is 0 Å². The average Bonchev–Trinajstić information content (AvgIpc) is 3.25. The Morgan fingerprint density at radius 1 is 0.224 bits per heavy atom. The molecule has 4 aromatic rings. The van der Waals surface area contributed by atoms with Crippen LogP contribution in [-0.4, -0.2) is 26.4 Å². The second kappa shape index (κ2) is 29.8. The molecule has 0 aliphatic carbocycles. The molecule has 0 atom stereocenters. The predicted molar refractivity (Wildman–Crippen MR) is 239 cm³/mol. The molecular weight excluding hydrogens is 717 g/mol. The maximum absolute atomic E-state index is 5.98. The molecule has 2 N–H and O–H groups in total. The number of ether oxygens (including phenoxy) is 4. The summed E-state index contributed by atoms with van der Waals surface area (Å²) in [5, 5.41) is 7.18. The van der Waals surface area contributed by atoms with Gasteiger partial charge in [-0.25, -0.2) is 0 Å². The Morgan fingerprint density at radius 2 is 0.397 bits per heavy atom. The van der Waals surface area contributed by atoms with Gasteiger partial charge in [-0.2, -0.15) is 0 Å². The highest BCUT2D eigenvalue weighted by Gasteiger charge is 2.02. The molecule has 6 heteroatoms. The molecule has 0 fully saturated rings. The summed E-state index contributed by atoms with van der Waals surface area (Å²) < 4.78 is 23.9. The Bertz CT molecular complexity index is 1330. The summed E-state index contributed by atoms with van der Waals surface area (Å²) in [5.41, 5.74) is 10.2. The quantitative estimate of drug-likeness (QED) is 0.185. The maximum atomic E-state index is 5.98. The third-order valence-corrected chi connectivity index (χ3v) is 11.1. The van der Waals surface area contributed by atoms with Gasteiger partial charge in [-0.3, -0.25) is 0 Å². The van der Waals surface area contributed by atoms with Crippen molar-refractivity contribution in [1.29, 1.82) is 0 Å². The molecule has 4 aromatic carbocycles. The van der Waals surface area contributed by atoms with E-state index in [0.29, 0.717) is 26.4 Å². The number of nitrogens with one attached hydrogen (secondary N) is 2. The molecule has 0 saturated carbocycles. The van der Waals surface area contributed by atoms with Crippen molar-refractivity contribution in [2.75, 3.05) is 26.4 Å². The van der Waals surface area contributed by atoms with E-state index in [0.717, 1.165) is 78.3 Å². The molecule has 0 saturated heterocycles. The van der Waals surface area contributed by atoms with Crippen LogP contribution in [0, 0.1) is 0 Å². The normalized spacial score (nSPS) is 18.8. The van der Waals surface area contributed by atoms with Crippen LogP contribution in [0.5, 0.6) is 0 Å². The average molecular weight is 791 g/mol. The van der Waals surface area contributed by atoms with E-state index < -0.39 is 0 Å². The molecule has 10 aliphatic heterocycles. The first-order chi connectivity index (χ1) is 28.8. The van der Waals surface area contributed by atoms with Gasteiger partial charge in [0.1, 0.15) is 0 Å². The molecule has 0 radical (unpaired) electrons. The fourth-order valence-electron chi connectivity index (χ4n) is 7.41. The molecule has 316 valence electrons. The van der Waals surface area contributed by atoms with Crippen molar-refractivity contribution in [3.05, 3.63) is 142 Å². The van der Waals surface area contributed by atoms with Gasteiger partial charge in [-0.05, 0) is 70.2 Å². The zero-order valence-corrected chi connectivity index (χ0v) is 35.7. The van der Waals surface area contributed by atoms with Crippen LogP contribution in [0.4, 0.5) is 0 Å². The molecule has 10 heterocycles. The van der Waals surface area contributed by atoms with E-state index in [-0.39, 0.29) is 0 Å². The van der Waals surface area contributed by atoms with Gasteiger partial charge in [0.15, 0.2) is 0 Å². The largest absolute Gasteiger partial charge is 0.377 e. The molecule has 58 heavy (non-hydrogen) atoms. The zero-order valence-electron chi connectivity index (χ0n) is 35.7. The minimum atomic E-state index is 0.696. The topological polar surface area (TPSA) is 61.0 Å². The number of hydrogen-bond donors (Lipinski definition) is 2. The third kappa shape index (κ3) is 20.6. The van der Waals surface area contributed by atoms with Gasteiger partial charge in [0, 0.05) is 52.6 Å². The Labute approximate surface area is 351 Å². The highest BCUT2D eigenvalue weighted by molar-refractivity contribution is 5.25. The zero-order chi connectivity index (χ0) is 40.0. The van der Waals surface area contributed by atoms with Crippen LogP contribution >= 0.6 is 0 Å². The highest BCUT2D eigenvalue weighted by Crippen LogP contribution is 2.14. The van der Waals surface area contributed by atoms with E-state index in [1.165, 1.54) is 122 Å². The van der Waals surface area contributed by atoms with Crippen LogP contribution in [0.3, 0.4) is 0 Å². The summed E-state index contributed by atoms with van der Waals surface area (Å²) in [5.74, 6) is 0. The van der Waals surface area contributed by atoms with Crippen molar-refractivity contribution in [2.45, 2.75) is 155 Å². The molecule has 0 spiro atoms.